The topological polar surface area (TPSA) is 106 Å². The van der Waals surface area contributed by atoms with Gasteiger partial charge >= 0.3 is 0 Å². The first-order valence-electron chi connectivity index (χ1n) is 8.98. The molecule has 2 heterocycles. The van der Waals surface area contributed by atoms with Gasteiger partial charge in [-0.2, -0.15) is 0 Å². The number of hydrogen-bond donors (Lipinski definition) is 2. The van der Waals surface area contributed by atoms with E-state index in [9.17, 15) is 9.59 Å². The van der Waals surface area contributed by atoms with Gasteiger partial charge in [-0.25, -0.2) is 4.98 Å². The van der Waals surface area contributed by atoms with E-state index in [4.69, 9.17) is 0 Å². The van der Waals surface area contributed by atoms with Crippen LogP contribution in [-0.4, -0.2) is 30.6 Å². The van der Waals surface area contributed by atoms with Crippen LogP contribution in [-0.2, 0) is 18.3 Å². The summed E-state index contributed by atoms with van der Waals surface area (Å²) in [6, 6.07) is 14.6. The molecule has 9 heteroatoms. The SMILES string of the molecule is Cn1cnnc1Sc1ccc(NC(=O)CCc2nc3ccccc3c(=O)[nH]2)cc1. The molecule has 0 fully saturated rings. The van der Waals surface area contributed by atoms with Gasteiger partial charge in [0.1, 0.15) is 12.2 Å². The molecule has 0 aliphatic carbocycles. The van der Waals surface area contributed by atoms with E-state index in [-0.39, 0.29) is 17.9 Å². The Morgan fingerprint density at radius 3 is 2.72 bits per heavy atom. The Labute approximate surface area is 170 Å². The lowest BCUT2D eigenvalue weighted by Crippen LogP contribution is -2.16. The Morgan fingerprint density at radius 2 is 1.97 bits per heavy atom. The number of aromatic nitrogens is 5. The zero-order valence-corrected chi connectivity index (χ0v) is 16.4. The van der Waals surface area contributed by atoms with Gasteiger partial charge in [0.05, 0.1) is 10.9 Å². The predicted octanol–water partition coefficient (Wildman–Crippen LogP) is 2.77. The zero-order chi connectivity index (χ0) is 20.2. The second-order valence-corrected chi connectivity index (χ2v) is 7.47. The monoisotopic (exact) mass is 406 g/mol. The molecule has 0 spiro atoms. The second-order valence-electron chi connectivity index (χ2n) is 6.43. The number of benzene rings is 2. The molecule has 0 bridgehead atoms. The van der Waals surface area contributed by atoms with E-state index in [0.29, 0.717) is 28.8 Å². The van der Waals surface area contributed by atoms with Gasteiger partial charge in [0.15, 0.2) is 5.16 Å². The van der Waals surface area contributed by atoms with E-state index in [0.717, 1.165) is 10.1 Å². The maximum atomic E-state index is 12.3. The van der Waals surface area contributed by atoms with Crippen LogP contribution in [0.3, 0.4) is 0 Å². The van der Waals surface area contributed by atoms with Crippen LogP contribution >= 0.6 is 11.8 Å². The minimum atomic E-state index is -0.193. The fraction of sp³-hybridized carbons (Fsp3) is 0.150. The average Bonchev–Trinajstić information content (AvgIpc) is 3.12. The molecule has 2 aromatic heterocycles. The third-order valence-corrected chi connectivity index (χ3v) is 5.33. The van der Waals surface area contributed by atoms with Gasteiger partial charge in [0.2, 0.25) is 5.91 Å². The van der Waals surface area contributed by atoms with Gasteiger partial charge in [-0.3, -0.25) is 9.59 Å². The molecule has 4 aromatic rings. The van der Waals surface area contributed by atoms with E-state index in [2.05, 4.69) is 25.5 Å². The summed E-state index contributed by atoms with van der Waals surface area (Å²) >= 11 is 1.49. The van der Waals surface area contributed by atoms with Crippen LogP contribution in [0, 0.1) is 0 Å². The fourth-order valence-electron chi connectivity index (χ4n) is 2.79. The van der Waals surface area contributed by atoms with Gasteiger partial charge in [-0.15, -0.1) is 10.2 Å². The summed E-state index contributed by atoms with van der Waals surface area (Å²) < 4.78 is 1.84. The predicted molar refractivity (Wildman–Crippen MR) is 111 cm³/mol. The number of para-hydroxylation sites is 1. The normalized spacial score (nSPS) is 10.9. The molecule has 0 unspecified atom stereocenters. The second kappa shape index (κ2) is 8.27. The van der Waals surface area contributed by atoms with Gasteiger partial charge < -0.3 is 14.9 Å². The third kappa shape index (κ3) is 4.52. The fourth-order valence-corrected chi connectivity index (χ4v) is 3.55. The molecule has 8 nitrogen and oxygen atoms in total. The van der Waals surface area contributed by atoms with Crippen LogP contribution in [0.2, 0.25) is 0 Å². The molecule has 2 aromatic carbocycles. The molecule has 146 valence electrons. The van der Waals surface area contributed by atoms with Crippen molar-refractivity contribution in [2.24, 2.45) is 7.05 Å². The van der Waals surface area contributed by atoms with Crippen LogP contribution < -0.4 is 10.9 Å². The van der Waals surface area contributed by atoms with Gasteiger partial charge in [0, 0.05) is 30.5 Å². The van der Waals surface area contributed by atoms with E-state index in [1.165, 1.54) is 11.8 Å². The number of anilines is 1. The Morgan fingerprint density at radius 1 is 1.17 bits per heavy atom. The number of carbonyl (C=O) groups is 1. The van der Waals surface area contributed by atoms with E-state index in [1.807, 2.05) is 41.9 Å². The van der Waals surface area contributed by atoms with E-state index >= 15 is 0 Å². The highest BCUT2D eigenvalue weighted by atomic mass is 32.2. The minimum Gasteiger partial charge on any atom is -0.326 e. The molecule has 29 heavy (non-hydrogen) atoms. The molecule has 0 atom stereocenters. The van der Waals surface area contributed by atoms with Crippen molar-refractivity contribution in [1.29, 1.82) is 0 Å². The van der Waals surface area contributed by atoms with Crippen molar-refractivity contribution in [3.05, 3.63) is 71.0 Å². The first kappa shape index (κ1) is 18.9. The number of H-pyrrole nitrogens is 1. The van der Waals surface area contributed by atoms with Crippen molar-refractivity contribution in [3.8, 4) is 0 Å². The van der Waals surface area contributed by atoms with Crippen LogP contribution in [0.1, 0.15) is 12.2 Å². The summed E-state index contributed by atoms with van der Waals surface area (Å²) in [6.45, 7) is 0. The molecule has 0 aliphatic rings. The molecule has 4 rings (SSSR count). The van der Waals surface area contributed by atoms with Crippen LogP contribution in [0.5, 0.6) is 0 Å². The number of aromatic amines is 1. The van der Waals surface area contributed by atoms with Gasteiger partial charge in [-0.05, 0) is 48.2 Å². The quantitative estimate of drug-likeness (QED) is 0.510. The van der Waals surface area contributed by atoms with Crippen LogP contribution in [0.15, 0.2) is 69.7 Å². The summed E-state index contributed by atoms with van der Waals surface area (Å²) in [5.41, 5.74) is 1.14. The average molecular weight is 406 g/mol. The molecule has 0 aliphatic heterocycles. The van der Waals surface area contributed by atoms with Crippen molar-refractivity contribution >= 4 is 34.3 Å². The Bertz CT molecular complexity index is 1220. The van der Waals surface area contributed by atoms with Crippen LogP contribution in [0.25, 0.3) is 10.9 Å². The number of hydrogen-bond acceptors (Lipinski definition) is 6. The van der Waals surface area contributed by atoms with Crippen molar-refractivity contribution in [3.63, 3.8) is 0 Å². The standard InChI is InChI=1S/C20H18N6O2S/c1-26-12-21-25-20(26)29-14-8-6-13(7-9-14)22-18(27)11-10-17-23-16-5-3-2-4-15(16)19(28)24-17/h2-9,12H,10-11H2,1H3,(H,22,27)(H,23,24,28). The Kier molecular flexibility index (Phi) is 5.39. The number of fused-ring (bicyclic) bond motifs is 1. The lowest BCUT2D eigenvalue weighted by Gasteiger charge is -2.07. The molecule has 0 radical (unpaired) electrons. The largest absolute Gasteiger partial charge is 0.326 e. The minimum absolute atomic E-state index is 0.144. The first-order chi connectivity index (χ1) is 14.1. The number of amides is 1. The molecule has 0 saturated carbocycles. The van der Waals surface area contributed by atoms with Gasteiger partial charge in [-0.1, -0.05) is 12.1 Å². The van der Waals surface area contributed by atoms with Crippen LogP contribution in [0.4, 0.5) is 5.69 Å². The van der Waals surface area contributed by atoms with Gasteiger partial charge in [0.25, 0.3) is 5.56 Å². The smallest absolute Gasteiger partial charge is 0.258 e. The highest BCUT2D eigenvalue weighted by Gasteiger charge is 2.08. The number of nitrogens with one attached hydrogen (secondary N) is 2. The van der Waals surface area contributed by atoms with Crippen molar-refractivity contribution in [2.45, 2.75) is 22.9 Å². The van der Waals surface area contributed by atoms with Crippen molar-refractivity contribution in [2.75, 3.05) is 5.32 Å². The lowest BCUT2D eigenvalue weighted by atomic mass is 10.2. The summed E-state index contributed by atoms with van der Waals surface area (Å²) in [5, 5.41) is 12.1. The summed E-state index contributed by atoms with van der Waals surface area (Å²) in [5.74, 6) is 0.355. The summed E-state index contributed by atoms with van der Waals surface area (Å²) in [6.07, 6.45) is 2.22. The Balaban J connectivity index is 1.35. The van der Waals surface area contributed by atoms with E-state index < -0.39 is 0 Å². The number of aryl methyl sites for hydroxylation is 2. The number of rotatable bonds is 6. The molecule has 1 amide bonds. The highest BCUT2D eigenvalue weighted by Crippen LogP contribution is 2.26. The van der Waals surface area contributed by atoms with E-state index in [1.54, 1.807) is 24.5 Å². The maximum absolute atomic E-state index is 12.3. The zero-order valence-electron chi connectivity index (χ0n) is 15.6. The van der Waals surface area contributed by atoms with Crippen molar-refractivity contribution < 1.29 is 4.79 Å². The molecular weight excluding hydrogens is 388 g/mol. The molecular formula is C20H18N6O2S. The first-order valence-corrected chi connectivity index (χ1v) is 9.80. The molecule has 2 N–H and O–H groups in total. The summed E-state index contributed by atoms with van der Waals surface area (Å²) in [4.78, 5) is 32.5. The third-order valence-electron chi connectivity index (χ3n) is 4.27. The highest BCUT2D eigenvalue weighted by molar-refractivity contribution is 7.99. The molecule has 0 saturated heterocycles. The number of nitrogens with zero attached hydrogens (tertiary/aromatic N) is 4. The lowest BCUT2D eigenvalue weighted by molar-refractivity contribution is -0.116. The maximum Gasteiger partial charge on any atom is 0.258 e. The Hall–Kier alpha value is -3.46. The van der Waals surface area contributed by atoms with Crippen molar-refractivity contribution in [1.82, 2.24) is 24.7 Å². The number of carbonyl (C=O) groups excluding carboxylic acids is 1. The summed E-state index contributed by atoms with van der Waals surface area (Å²) in [7, 11) is 1.88.